The number of rotatable bonds is 6. The highest BCUT2D eigenvalue weighted by Gasteiger charge is 2.28. The molecule has 3 rings (SSSR count). The summed E-state index contributed by atoms with van der Waals surface area (Å²) in [6.45, 7) is 4.37. The van der Waals surface area contributed by atoms with Crippen molar-refractivity contribution in [1.29, 1.82) is 0 Å². The molecule has 0 aromatic heterocycles. The number of Topliss-reactive ketones (excluding diaryl/α,β-unsaturated/α-hetero) is 1. The molecular formula is C21H23NO6S. The predicted molar refractivity (Wildman–Crippen MR) is 106 cm³/mol. The van der Waals surface area contributed by atoms with Gasteiger partial charge in [0.1, 0.15) is 0 Å². The molecule has 8 heteroatoms. The number of benzene rings is 2. The van der Waals surface area contributed by atoms with Gasteiger partial charge in [-0.05, 0) is 31.5 Å². The van der Waals surface area contributed by atoms with E-state index in [0.29, 0.717) is 24.3 Å². The highest BCUT2D eigenvalue weighted by molar-refractivity contribution is 7.89. The lowest BCUT2D eigenvalue weighted by Crippen LogP contribution is -2.40. The molecule has 1 atom stereocenters. The molecule has 1 fully saturated rings. The molecule has 1 aliphatic rings. The molecule has 2 aromatic carbocycles. The van der Waals surface area contributed by atoms with Gasteiger partial charge in [-0.2, -0.15) is 4.31 Å². The van der Waals surface area contributed by atoms with E-state index in [1.807, 2.05) is 0 Å². The number of esters is 1. The molecule has 1 aliphatic heterocycles. The molecule has 0 N–H and O–H groups in total. The van der Waals surface area contributed by atoms with Crippen molar-refractivity contribution in [3.05, 3.63) is 65.2 Å². The normalized spacial score (nSPS) is 16.2. The fraction of sp³-hybridized carbons (Fsp3) is 0.333. The van der Waals surface area contributed by atoms with Gasteiger partial charge in [0.15, 0.2) is 6.10 Å². The van der Waals surface area contributed by atoms with Crippen LogP contribution in [0.3, 0.4) is 0 Å². The first kappa shape index (κ1) is 21.2. The van der Waals surface area contributed by atoms with Gasteiger partial charge in [0, 0.05) is 18.7 Å². The number of sulfonamides is 1. The molecule has 29 heavy (non-hydrogen) atoms. The van der Waals surface area contributed by atoms with E-state index in [-0.39, 0.29) is 29.3 Å². The smallest absolute Gasteiger partial charge is 0.339 e. The van der Waals surface area contributed by atoms with Crippen LogP contribution in [0.25, 0.3) is 0 Å². The highest BCUT2D eigenvalue weighted by atomic mass is 32.2. The predicted octanol–water partition coefficient (Wildman–Crippen LogP) is 2.44. The quantitative estimate of drug-likeness (QED) is 0.530. The van der Waals surface area contributed by atoms with Gasteiger partial charge in [-0.25, -0.2) is 13.2 Å². The van der Waals surface area contributed by atoms with Gasteiger partial charge in [0.25, 0.3) is 0 Å². The molecule has 0 aliphatic carbocycles. The Labute approximate surface area is 170 Å². The number of hydrogen-bond donors (Lipinski definition) is 0. The lowest BCUT2D eigenvalue weighted by molar-refractivity contribution is 0.0318. The van der Waals surface area contributed by atoms with Crippen molar-refractivity contribution in [2.45, 2.75) is 24.8 Å². The summed E-state index contributed by atoms with van der Waals surface area (Å²) in [4.78, 5) is 25.1. The van der Waals surface area contributed by atoms with E-state index in [1.165, 1.54) is 23.4 Å². The minimum Gasteiger partial charge on any atom is -0.451 e. The number of nitrogens with zero attached hydrogens (tertiary/aromatic N) is 1. The molecule has 0 amide bonds. The molecule has 1 heterocycles. The lowest BCUT2D eigenvalue weighted by atomic mass is 10.1. The van der Waals surface area contributed by atoms with Crippen molar-refractivity contribution < 1.29 is 27.5 Å². The van der Waals surface area contributed by atoms with Crippen molar-refractivity contribution in [2.24, 2.45) is 0 Å². The lowest BCUT2D eigenvalue weighted by Gasteiger charge is -2.26. The minimum atomic E-state index is -3.74. The number of carbonyl (C=O) groups excluding carboxylic acids is 2. The van der Waals surface area contributed by atoms with Crippen LogP contribution in [0.1, 0.15) is 33.2 Å². The van der Waals surface area contributed by atoms with Crippen LogP contribution in [0.15, 0.2) is 53.4 Å². The maximum Gasteiger partial charge on any atom is 0.339 e. The molecular weight excluding hydrogens is 394 g/mol. The monoisotopic (exact) mass is 417 g/mol. The zero-order valence-corrected chi connectivity index (χ0v) is 17.1. The molecule has 0 bridgehead atoms. The van der Waals surface area contributed by atoms with Gasteiger partial charge in [0.05, 0.1) is 23.7 Å². The fourth-order valence-corrected chi connectivity index (χ4v) is 4.47. The van der Waals surface area contributed by atoms with Crippen LogP contribution in [0.2, 0.25) is 0 Å². The van der Waals surface area contributed by atoms with Crippen LogP contribution in [-0.4, -0.2) is 56.9 Å². The largest absolute Gasteiger partial charge is 0.451 e. The standard InChI is InChI=1S/C21H23NO6S/c1-15-8-9-18(29(25,26)22-10-12-27-13-11-22)14-19(15)21(24)28-16(2)20(23)17-6-4-3-5-7-17/h3-9,14,16H,10-13H2,1-2H3/t16-/m0/s1. The second-order valence-corrected chi connectivity index (χ2v) is 8.71. The molecule has 0 unspecified atom stereocenters. The van der Waals surface area contributed by atoms with Gasteiger partial charge in [-0.1, -0.05) is 36.4 Å². The van der Waals surface area contributed by atoms with Crippen molar-refractivity contribution in [1.82, 2.24) is 4.31 Å². The summed E-state index contributed by atoms with van der Waals surface area (Å²) in [5.74, 6) is -1.06. The van der Waals surface area contributed by atoms with Crippen LogP contribution in [0.5, 0.6) is 0 Å². The maximum atomic E-state index is 12.9. The van der Waals surface area contributed by atoms with Crippen LogP contribution in [0, 0.1) is 6.92 Å². The summed E-state index contributed by atoms with van der Waals surface area (Å²) in [6.07, 6.45) is -0.996. The molecule has 7 nitrogen and oxygen atoms in total. The van der Waals surface area contributed by atoms with Crippen molar-refractivity contribution in [2.75, 3.05) is 26.3 Å². The average Bonchev–Trinajstić information content (AvgIpc) is 2.74. The number of ketones is 1. The zero-order valence-electron chi connectivity index (χ0n) is 16.3. The first-order valence-electron chi connectivity index (χ1n) is 9.29. The summed E-state index contributed by atoms with van der Waals surface area (Å²) in [5, 5.41) is 0. The molecule has 2 aromatic rings. The molecule has 0 radical (unpaired) electrons. The van der Waals surface area contributed by atoms with E-state index >= 15 is 0 Å². The number of carbonyl (C=O) groups is 2. The van der Waals surface area contributed by atoms with Gasteiger partial charge in [-0.15, -0.1) is 0 Å². The van der Waals surface area contributed by atoms with Crippen LogP contribution < -0.4 is 0 Å². The second-order valence-electron chi connectivity index (χ2n) is 6.77. The Morgan fingerprint density at radius 2 is 1.72 bits per heavy atom. The van der Waals surface area contributed by atoms with Gasteiger partial charge < -0.3 is 9.47 Å². The van der Waals surface area contributed by atoms with Crippen molar-refractivity contribution >= 4 is 21.8 Å². The molecule has 154 valence electrons. The number of ether oxygens (including phenoxy) is 2. The van der Waals surface area contributed by atoms with E-state index in [1.54, 1.807) is 43.3 Å². The molecule has 0 saturated carbocycles. The van der Waals surface area contributed by atoms with Crippen molar-refractivity contribution in [3.63, 3.8) is 0 Å². The van der Waals surface area contributed by atoms with Crippen LogP contribution >= 0.6 is 0 Å². The Balaban J connectivity index is 1.80. The molecule has 0 spiro atoms. The fourth-order valence-electron chi connectivity index (χ4n) is 3.03. The summed E-state index contributed by atoms with van der Waals surface area (Å²) in [5.41, 5.74) is 1.12. The van der Waals surface area contributed by atoms with E-state index in [0.717, 1.165) is 0 Å². The Bertz CT molecular complexity index is 997. The van der Waals surface area contributed by atoms with E-state index in [2.05, 4.69) is 0 Å². The van der Waals surface area contributed by atoms with Gasteiger partial charge >= 0.3 is 5.97 Å². The van der Waals surface area contributed by atoms with Crippen molar-refractivity contribution in [3.8, 4) is 0 Å². The Kier molecular flexibility index (Phi) is 6.46. The van der Waals surface area contributed by atoms with Crippen LogP contribution in [0.4, 0.5) is 0 Å². The number of aryl methyl sites for hydroxylation is 1. The number of hydrogen-bond acceptors (Lipinski definition) is 6. The summed E-state index contributed by atoms with van der Waals surface area (Å²) < 4.78 is 37.6. The second kappa shape index (κ2) is 8.86. The summed E-state index contributed by atoms with van der Waals surface area (Å²) in [7, 11) is -3.74. The molecule has 1 saturated heterocycles. The maximum absolute atomic E-state index is 12.9. The average molecular weight is 417 g/mol. The van der Waals surface area contributed by atoms with E-state index in [4.69, 9.17) is 9.47 Å². The van der Waals surface area contributed by atoms with Crippen LogP contribution in [-0.2, 0) is 19.5 Å². The first-order chi connectivity index (χ1) is 13.8. The third kappa shape index (κ3) is 4.72. The minimum absolute atomic E-state index is 0.0130. The summed E-state index contributed by atoms with van der Waals surface area (Å²) in [6, 6.07) is 12.9. The SMILES string of the molecule is Cc1ccc(S(=O)(=O)N2CCOCC2)cc1C(=O)O[C@@H](C)C(=O)c1ccccc1. The Hall–Kier alpha value is -2.55. The Morgan fingerprint density at radius 1 is 1.07 bits per heavy atom. The highest BCUT2D eigenvalue weighted by Crippen LogP contribution is 2.22. The van der Waals surface area contributed by atoms with Gasteiger partial charge in [0.2, 0.25) is 15.8 Å². The Morgan fingerprint density at radius 3 is 2.38 bits per heavy atom. The van der Waals surface area contributed by atoms with Gasteiger partial charge in [-0.3, -0.25) is 4.79 Å². The first-order valence-corrected chi connectivity index (χ1v) is 10.7. The van der Waals surface area contributed by atoms with E-state index in [9.17, 15) is 18.0 Å². The summed E-state index contributed by atoms with van der Waals surface area (Å²) >= 11 is 0. The zero-order chi connectivity index (χ0) is 21.0. The van der Waals surface area contributed by atoms with E-state index < -0.39 is 22.1 Å². The third-order valence-corrected chi connectivity index (χ3v) is 6.64. The topological polar surface area (TPSA) is 90.0 Å². The third-order valence-electron chi connectivity index (χ3n) is 4.75. The number of morpholine rings is 1.